The third-order valence-corrected chi connectivity index (χ3v) is 3.78. The van der Waals surface area contributed by atoms with Crippen LogP contribution in [0.15, 0.2) is 60.7 Å². The van der Waals surface area contributed by atoms with Gasteiger partial charge in [0, 0.05) is 0 Å². The first-order valence-electron chi connectivity index (χ1n) is 7.00. The smallest absolute Gasteiger partial charge is 0.150 e. The number of benzene rings is 3. The molecule has 0 unspecified atom stereocenters. The molecule has 2 N–H and O–H groups in total. The number of aromatic hydroxyl groups is 2. The fourth-order valence-electron chi connectivity index (χ4n) is 2.43. The van der Waals surface area contributed by atoms with Gasteiger partial charge in [0.2, 0.25) is 0 Å². The number of para-hydroxylation sites is 4. The molecule has 3 aromatic rings. The molecule has 0 bridgehead atoms. The Morgan fingerprint density at radius 3 is 1.92 bits per heavy atom. The molecule has 3 nitrogen and oxygen atoms in total. The third-order valence-electron chi connectivity index (χ3n) is 3.47. The molecule has 0 aliphatic carbocycles. The summed E-state index contributed by atoms with van der Waals surface area (Å²) in [6.45, 7) is 0. The highest BCUT2D eigenvalue weighted by molar-refractivity contribution is 6.34. The minimum Gasteiger partial charge on any atom is -0.506 e. The van der Waals surface area contributed by atoms with Crippen LogP contribution in [0.5, 0.6) is 11.5 Å². The van der Waals surface area contributed by atoms with E-state index in [1.165, 1.54) is 36.4 Å². The Morgan fingerprint density at radius 1 is 0.708 bits per heavy atom. The number of nitrogens with zero attached hydrogens (tertiary/aromatic N) is 1. The molecule has 0 saturated heterocycles. The summed E-state index contributed by atoms with van der Waals surface area (Å²) in [4.78, 5) is 1.05. The van der Waals surface area contributed by atoms with E-state index < -0.39 is 17.3 Å². The Balaban J connectivity index is 2.37. The van der Waals surface area contributed by atoms with Gasteiger partial charge in [-0.25, -0.2) is 8.78 Å². The number of phenolic OH excluding ortho intramolecular Hbond substituents is 2. The van der Waals surface area contributed by atoms with Gasteiger partial charge in [0.15, 0.2) is 0 Å². The van der Waals surface area contributed by atoms with E-state index in [1.807, 2.05) is 0 Å². The first-order chi connectivity index (χ1) is 11.5. The van der Waals surface area contributed by atoms with E-state index >= 15 is 0 Å². The van der Waals surface area contributed by atoms with Crippen LogP contribution in [-0.2, 0) is 0 Å². The minimum absolute atomic E-state index is 0.0373. The summed E-state index contributed by atoms with van der Waals surface area (Å²) in [5, 5.41) is 20.4. The lowest BCUT2D eigenvalue weighted by molar-refractivity contribution is 0.472. The fraction of sp³-hybridized carbons (Fsp3) is 0. The number of halogens is 3. The van der Waals surface area contributed by atoms with E-state index in [1.54, 1.807) is 12.1 Å². The first-order valence-corrected chi connectivity index (χ1v) is 7.38. The van der Waals surface area contributed by atoms with Crippen molar-refractivity contribution in [2.45, 2.75) is 0 Å². The van der Waals surface area contributed by atoms with Gasteiger partial charge in [0.25, 0.3) is 0 Å². The zero-order chi connectivity index (χ0) is 17.3. The number of rotatable bonds is 3. The molecule has 0 aromatic heterocycles. The maximum atomic E-state index is 14.4. The third kappa shape index (κ3) is 2.74. The van der Waals surface area contributed by atoms with Gasteiger partial charge in [-0.15, -0.1) is 0 Å². The van der Waals surface area contributed by atoms with E-state index in [0.29, 0.717) is 0 Å². The highest BCUT2D eigenvalue weighted by Crippen LogP contribution is 2.47. The Hall–Kier alpha value is -2.79. The van der Waals surface area contributed by atoms with E-state index in [4.69, 9.17) is 11.6 Å². The summed E-state index contributed by atoms with van der Waals surface area (Å²) >= 11 is 6.15. The van der Waals surface area contributed by atoms with Crippen LogP contribution < -0.4 is 4.90 Å². The number of phenols is 2. The molecule has 0 aliphatic heterocycles. The molecule has 0 fully saturated rings. The zero-order valence-electron chi connectivity index (χ0n) is 12.2. The molecular formula is C18H12ClF2NO2. The fourth-order valence-corrected chi connectivity index (χ4v) is 2.69. The molecule has 0 spiro atoms. The normalized spacial score (nSPS) is 10.6. The summed E-state index contributed by atoms with van der Waals surface area (Å²) in [5.74, 6) is -2.23. The lowest BCUT2D eigenvalue weighted by atomic mass is 10.1. The maximum Gasteiger partial charge on any atom is 0.150 e. The van der Waals surface area contributed by atoms with Crippen LogP contribution in [0, 0.1) is 11.6 Å². The lowest BCUT2D eigenvalue weighted by Crippen LogP contribution is -2.14. The first kappa shape index (κ1) is 16.1. The minimum atomic E-state index is -0.863. The van der Waals surface area contributed by atoms with Crippen LogP contribution in [0.3, 0.4) is 0 Å². The highest BCUT2D eigenvalue weighted by Gasteiger charge is 2.26. The molecular weight excluding hydrogens is 336 g/mol. The van der Waals surface area contributed by atoms with Crippen molar-refractivity contribution in [2.24, 2.45) is 0 Å². The quantitative estimate of drug-likeness (QED) is 0.657. The Labute approximate surface area is 142 Å². The highest BCUT2D eigenvalue weighted by atomic mass is 35.5. The van der Waals surface area contributed by atoms with E-state index in [0.717, 1.165) is 17.0 Å². The predicted molar refractivity (Wildman–Crippen MR) is 89.4 cm³/mol. The maximum absolute atomic E-state index is 14.4. The van der Waals surface area contributed by atoms with Crippen molar-refractivity contribution in [1.82, 2.24) is 0 Å². The molecule has 122 valence electrons. The summed E-state index contributed by atoms with van der Waals surface area (Å²) in [6.07, 6.45) is 0. The van der Waals surface area contributed by atoms with Gasteiger partial charge >= 0.3 is 0 Å². The molecule has 3 aromatic carbocycles. The average Bonchev–Trinajstić information content (AvgIpc) is 2.53. The predicted octanol–water partition coefficient (Wildman–Crippen LogP) is 5.50. The van der Waals surface area contributed by atoms with Crippen molar-refractivity contribution in [1.29, 1.82) is 0 Å². The van der Waals surface area contributed by atoms with Gasteiger partial charge < -0.3 is 10.2 Å². The van der Waals surface area contributed by atoms with Gasteiger partial charge in [-0.2, -0.15) is 0 Å². The van der Waals surface area contributed by atoms with Crippen molar-refractivity contribution in [3.05, 3.63) is 77.3 Å². The summed E-state index contributed by atoms with van der Waals surface area (Å²) < 4.78 is 28.8. The standard InChI is InChI=1S/C18H12ClF2NO2/c19-11-5-3-10-16(24)17(11)22(14-8-1-2-9-15(14)23)18-12(20)6-4-7-13(18)21/h1-10,23-24H. The molecule has 0 aliphatic rings. The molecule has 6 heteroatoms. The van der Waals surface area contributed by atoms with Crippen LogP contribution >= 0.6 is 11.6 Å². The molecule has 24 heavy (non-hydrogen) atoms. The van der Waals surface area contributed by atoms with Gasteiger partial charge in [-0.05, 0) is 36.4 Å². The Bertz CT molecular complexity index is 810. The molecule has 3 rings (SSSR count). The van der Waals surface area contributed by atoms with Crippen molar-refractivity contribution in [3.63, 3.8) is 0 Å². The monoisotopic (exact) mass is 347 g/mol. The topological polar surface area (TPSA) is 43.7 Å². The van der Waals surface area contributed by atoms with Crippen molar-refractivity contribution >= 4 is 28.7 Å². The second kappa shape index (κ2) is 6.37. The van der Waals surface area contributed by atoms with Crippen LogP contribution in [0.4, 0.5) is 25.8 Å². The van der Waals surface area contributed by atoms with Gasteiger partial charge in [0.05, 0.1) is 10.7 Å². The van der Waals surface area contributed by atoms with Gasteiger partial charge in [0.1, 0.15) is 34.5 Å². The van der Waals surface area contributed by atoms with Gasteiger partial charge in [-0.1, -0.05) is 35.9 Å². The van der Waals surface area contributed by atoms with E-state index in [9.17, 15) is 19.0 Å². The van der Waals surface area contributed by atoms with Crippen LogP contribution in [0.1, 0.15) is 0 Å². The molecule has 0 amide bonds. The van der Waals surface area contributed by atoms with E-state index in [-0.39, 0.29) is 27.9 Å². The van der Waals surface area contributed by atoms with Crippen molar-refractivity contribution in [3.8, 4) is 11.5 Å². The Morgan fingerprint density at radius 2 is 1.29 bits per heavy atom. The second-order valence-electron chi connectivity index (χ2n) is 5.00. The van der Waals surface area contributed by atoms with Crippen LogP contribution in [0.2, 0.25) is 5.02 Å². The van der Waals surface area contributed by atoms with Crippen LogP contribution in [-0.4, -0.2) is 10.2 Å². The van der Waals surface area contributed by atoms with Crippen LogP contribution in [0.25, 0.3) is 0 Å². The molecule has 0 atom stereocenters. The van der Waals surface area contributed by atoms with Crippen molar-refractivity contribution < 1.29 is 19.0 Å². The van der Waals surface area contributed by atoms with Crippen molar-refractivity contribution in [2.75, 3.05) is 4.90 Å². The number of hydrogen-bond donors (Lipinski definition) is 2. The van der Waals surface area contributed by atoms with E-state index in [2.05, 4.69) is 0 Å². The number of anilines is 3. The SMILES string of the molecule is Oc1ccccc1N(c1c(F)cccc1F)c1c(O)cccc1Cl. The molecule has 0 radical (unpaired) electrons. The number of hydrogen-bond acceptors (Lipinski definition) is 3. The summed E-state index contributed by atoms with van der Waals surface area (Å²) in [7, 11) is 0. The largest absolute Gasteiger partial charge is 0.506 e. The second-order valence-corrected chi connectivity index (χ2v) is 5.41. The summed E-state index contributed by atoms with van der Waals surface area (Å²) in [5.41, 5.74) is -0.419. The lowest BCUT2D eigenvalue weighted by Gasteiger charge is -2.28. The van der Waals surface area contributed by atoms with Gasteiger partial charge in [-0.3, -0.25) is 4.90 Å². The zero-order valence-corrected chi connectivity index (χ0v) is 13.0. The molecule has 0 heterocycles. The average molecular weight is 348 g/mol. The Kier molecular flexibility index (Phi) is 4.27. The molecule has 0 saturated carbocycles. The summed E-state index contributed by atoms with van der Waals surface area (Å²) in [6, 6.07) is 13.7.